The molecule has 2 amide bonds. The van der Waals surface area contributed by atoms with Gasteiger partial charge in [0.2, 0.25) is 11.8 Å². The highest BCUT2D eigenvalue weighted by atomic mass is 19.1. The zero-order chi connectivity index (χ0) is 18.2. The lowest BCUT2D eigenvalue weighted by atomic mass is 9.95. The standard InChI is InChI=1S/C18H23FN2O4/c19-13-6-4-5-12(9-13)10-16(22)20-11-17(23)21-15-8-3-1-2-7-14(15)18(24)25/h4-6,9,14-15H,1-3,7-8,10-11H2,(H,20,22)(H,21,23)(H,24,25)/t14-,15+/m1/s1. The maximum Gasteiger partial charge on any atom is 0.308 e. The van der Waals surface area contributed by atoms with Crippen LogP contribution in [0.2, 0.25) is 0 Å². The predicted molar refractivity (Wildman–Crippen MR) is 89.3 cm³/mol. The minimum Gasteiger partial charge on any atom is -0.481 e. The van der Waals surface area contributed by atoms with Crippen molar-refractivity contribution < 1.29 is 23.9 Å². The predicted octanol–water partition coefficient (Wildman–Crippen LogP) is 1.63. The molecule has 1 aromatic rings. The lowest BCUT2D eigenvalue weighted by Crippen LogP contribution is -2.46. The third kappa shape index (κ3) is 6.17. The Morgan fingerprint density at radius 2 is 1.88 bits per heavy atom. The highest BCUT2D eigenvalue weighted by molar-refractivity contribution is 5.86. The van der Waals surface area contributed by atoms with Crippen molar-refractivity contribution in [2.24, 2.45) is 5.92 Å². The van der Waals surface area contributed by atoms with Crippen molar-refractivity contribution >= 4 is 17.8 Å². The Morgan fingerprint density at radius 1 is 1.12 bits per heavy atom. The van der Waals surface area contributed by atoms with Crippen LogP contribution in [0, 0.1) is 11.7 Å². The molecule has 2 rings (SSSR count). The number of halogens is 1. The molecule has 0 aromatic heterocycles. The zero-order valence-electron chi connectivity index (χ0n) is 14.0. The average molecular weight is 350 g/mol. The number of hydrogen-bond donors (Lipinski definition) is 3. The fraction of sp³-hybridized carbons (Fsp3) is 0.500. The highest BCUT2D eigenvalue weighted by Crippen LogP contribution is 2.23. The van der Waals surface area contributed by atoms with Gasteiger partial charge in [-0.2, -0.15) is 0 Å². The van der Waals surface area contributed by atoms with Gasteiger partial charge in [0, 0.05) is 6.04 Å². The molecule has 1 saturated carbocycles. The van der Waals surface area contributed by atoms with Crippen LogP contribution in [0.3, 0.4) is 0 Å². The molecule has 2 atom stereocenters. The largest absolute Gasteiger partial charge is 0.481 e. The second-order valence-electron chi connectivity index (χ2n) is 6.34. The smallest absolute Gasteiger partial charge is 0.308 e. The summed E-state index contributed by atoms with van der Waals surface area (Å²) in [5, 5.41) is 14.5. The van der Waals surface area contributed by atoms with E-state index in [1.165, 1.54) is 18.2 Å². The first kappa shape index (κ1) is 18.9. The number of rotatable bonds is 6. The van der Waals surface area contributed by atoms with E-state index in [9.17, 15) is 23.9 Å². The Balaban J connectivity index is 1.80. The van der Waals surface area contributed by atoms with Gasteiger partial charge in [-0.3, -0.25) is 14.4 Å². The lowest BCUT2D eigenvalue weighted by molar-refractivity contribution is -0.143. The summed E-state index contributed by atoms with van der Waals surface area (Å²) < 4.78 is 13.1. The summed E-state index contributed by atoms with van der Waals surface area (Å²) in [7, 11) is 0. The molecule has 1 aliphatic rings. The molecule has 0 spiro atoms. The molecular weight excluding hydrogens is 327 g/mol. The van der Waals surface area contributed by atoms with Gasteiger partial charge in [-0.15, -0.1) is 0 Å². The van der Waals surface area contributed by atoms with E-state index in [4.69, 9.17) is 0 Å². The maximum atomic E-state index is 13.1. The van der Waals surface area contributed by atoms with E-state index in [0.29, 0.717) is 18.4 Å². The fourth-order valence-corrected chi connectivity index (χ4v) is 3.11. The van der Waals surface area contributed by atoms with E-state index in [2.05, 4.69) is 10.6 Å². The van der Waals surface area contributed by atoms with Gasteiger partial charge in [-0.25, -0.2) is 4.39 Å². The van der Waals surface area contributed by atoms with Crippen LogP contribution in [0.15, 0.2) is 24.3 Å². The fourth-order valence-electron chi connectivity index (χ4n) is 3.11. The topological polar surface area (TPSA) is 95.5 Å². The molecule has 0 aliphatic heterocycles. The third-order valence-corrected chi connectivity index (χ3v) is 4.38. The SMILES string of the molecule is O=C(Cc1cccc(F)c1)NCC(=O)N[C@H]1CCCCC[C@H]1C(=O)O. The van der Waals surface area contributed by atoms with E-state index in [1.807, 2.05) is 0 Å². The van der Waals surface area contributed by atoms with Gasteiger partial charge in [0.15, 0.2) is 0 Å². The Labute approximate surface area is 145 Å². The van der Waals surface area contributed by atoms with E-state index < -0.39 is 35.6 Å². The first-order valence-electron chi connectivity index (χ1n) is 8.49. The average Bonchev–Trinajstić information content (AvgIpc) is 2.78. The van der Waals surface area contributed by atoms with Crippen LogP contribution in [0.1, 0.15) is 37.7 Å². The normalized spacial score (nSPS) is 20.4. The van der Waals surface area contributed by atoms with Crippen molar-refractivity contribution in [2.75, 3.05) is 6.54 Å². The minimum atomic E-state index is -0.901. The number of carboxylic acids is 1. The van der Waals surface area contributed by atoms with Gasteiger partial charge in [-0.05, 0) is 30.5 Å². The van der Waals surface area contributed by atoms with Crippen LogP contribution in [-0.4, -0.2) is 35.5 Å². The quantitative estimate of drug-likeness (QED) is 0.680. The van der Waals surface area contributed by atoms with E-state index >= 15 is 0 Å². The molecule has 0 saturated heterocycles. The van der Waals surface area contributed by atoms with Crippen LogP contribution >= 0.6 is 0 Å². The van der Waals surface area contributed by atoms with E-state index in [-0.39, 0.29) is 13.0 Å². The number of carbonyl (C=O) groups is 3. The first-order chi connectivity index (χ1) is 12.0. The van der Waals surface area contributed by atoms with E-state index in [0.717, 1.165) is 19.3 Å². The summed E-state index contributed by atoms with van der Waals surface area (Å²) in [4.78, 5) is 35.2. The maximum absolute atomic E-state index is 13.1. The van der Waals surface area contributed by atoms with Gasteiger partial charge < -0.3 is 15.7 Å². The van der Waals surface area contributed by atoms with Crippen LogP contribution in [-0.2, 0) is 20.8 Å². The van der Waals surface area contributed by atoms with Crippen molar-refractivity contribution in [1.29, 1.82) is 0 Å². The van der Waals surface area contributed by atoms with Crippen molar-refractivity contribution in [1.82, 2.24) is 10.6 Å². The number of carbonyl (C=O) groups excluding carboxylic acids is 2. The molecule has 136 valence electrons. The van der Waals surface area contributed by atoms with Gasteiger partial charge in [-0.1, -0.05) is 31.4 Å². The van der Waals surface area contributed by atoms with Crippen molar-refractivity contribution in [3.05, 3.63) is 35.6 Å². The molecule has 6 nitrogen and oxygen atoms in total. The third-order valence-electron chi connectivity index (χ3n) is 4.38. The molecule has 1 aromatic carbocycles. The number of amides is 2. The lowest BCUT2D eigenvalue weighted by Gasteiger charge is -2.23. The summed E-state index contributed by atoms with van der Waals surface area (Å²) in [6.45, 7) is -0.225. The summed E-state index contributed by atoms with van der Waals surface area (Å²) in [6.07, 6.45) is 3.83. The van der Waals surface area contributed by atoms with Gasteiger partial charge in [0.05, 0.1) is 18.9 Å². The minimum absolute atomic E-state index is 0.0216. The molecule has 0 unspecified atom stereocenters. The summed E-state index contributed by atoms with van der Waals surface area (Å²) >= 11 is 0. The Kier molecular flexibility index (Phi) is 6.91. The van der Waals surface area contributed by atoms with Crippen LogP contribution in [0.25, 0.3) is 0 Å². The molecule has 25 heavy (non-hydrogen) atoms. The second-order valence-corrected chi connectivity index (χ2v) is 6.34. The van der Waals surface area contributed by atoms with Gasteiger partial charge in [0.25, 0.3) is 0 Å². The van der Waals surface area contributed by atoms with Crippen LogP contribution in [0.4, 0.5) is 4.39 Å². The van der Waals surface area contributed by atoms with Crippen molar-refractivity contribution in [2.45, 2.75) is 44.6 Å². The summed E-state index contributed by atoms with van der Waals surface area (Å²) in [6, 6.07) is 5.30. The Hall–Kier alpha value is -2.44. The number of benzene rings is 1. The first-order valence-corrected chi connectivity index (χ1v) is 8.49. The molecule has 1 aliphatic carbocycles. The molecule has 0 heterocycles. The molecular formula is C18H23FN2O4. The van der Waals surface area contributed by atoms with Gasteiger partial charge >= 0.3 is 5.97 Å². The van der Waals surface area contributed by atoms with Crippen molar-refractivity contribution in [3.8, 4) is 0 Å². The Bertz CT molecular complexity index is 635. The number of carboxylic acid groups (broad SMARTS) is 1. The molecule has 1 fully saturated rings. The van der Waals surface area contributed by atoms with E-state index in [1.54, 1.807) is 6.07 Å². The zero-order valence-corrected chi connectivity index (χ0v) is 14.0. The monoisotopic (exact) mass is 350 g/mol. The highest BCUT2D eigenvalue weighted by Gasteiger charge is 2.30. The Morgan fingerprint density at radius 3 is 2.60 bits per heavy atom. The molecule has 7 heteroatoms. The van der Waals surface area contributed by atoms with Gasteiger partial charge in [0.1, 0.15) is 5.82 Å². The molecule has 0 radical (unpaired) electrons. The summed E-state index contributed by atoms with van der Waals surface area (Å²) in [5.74, 6) is -2.71. The van der Waals surface area contributed by atoms with Crippen LogP contribution < -0.4 is 10.6 Å². The van der Waals surface area contributed by atoms with Crippen molar-refractivity contribution in [3.63, 3.8) is 0 Å². The molecule has 0 bridgehead atoms. The second kappa shape index (κ2) is 9.15. The number of hydrogen-bond acceptors (Lipinski definition) is 3. The molecule has 3 N–H and O–H groups in total. The number of aliphatic carboxylic acids is 1. The summed E-state index contributed by atoms with van der Waals surface area (Å²) in [5.41, 5.74) is 0.521. The van der Waals surface area contributed by atoms with Crippen LogP contribution in [0.5, 0.6) is 0 Å². The number of nitrogens with one attached hydrogen (secondary N) is 2.